The summed E-state index contributed by atoms with van der Waals surface area (Å²) < 4.78 is 27.0. The zero-order valence-electron chi connectivity index (χ0n) is 11.1. The van der Waals surface area contributed by atoms with Gasteiger partial charge in [-0.15, -0.1) is 0 Å². The number of hydrogen-bond donors (Lipinski definition) is 1. The highest BCUT2D eigenvalue weighted by molar-refractivity contribution is 5.71. The van der Waals surface area contributed by atoms with Crippen LogP contribution >= 0.6 is 0 Å². The van der Waals surface area contributed by atoms with E-state index in [1.807, 2.05) is 12.1 Å². The third kappa shape index (κ3) is 2.63. The molecule has 0 saturated heterocycles. The largest absolute Gasteiger partial charge is 0.508 e. The molecule has 0 aromatic heterocycles. The lowest BCUT2D eigenvalue weighted by Crippen LogP contribution is -1.89. The van der Waals surface area contributed by atoms with Crippen LogP contribution in [0, 0.1) is 11.6 Å². The van der Waals surface area contributed by atoms with Crippen LogP contribution in [-0.2, 0) is 0 Å². The lowest BCUT2D eigenvalue weighted by molar-refractivity contribution is 0.475. The van der Waals surface area contributed by atoms with Crippen LogP contribution in [0.1, 0.15) is 0 Å². The molecule has 0 radical (unpaired) electrons. The second-order valence-corrected chi connectivity index (χ2v) is 4.73. The van der Waals surface area contributed by atoms with Crippen LogP contribution in [0.5, 0.6) is 5.75 Å². The Morgan fingerprint density at radius 3 is 1.76 bits per heavy atom. The van der Waals surface area contributed by atoms with Crippen molar-refractivity contribution in [3.63, 3.8) is 0 Å². The first-order chi connectivity index (χ1) is 10.1. The molecule has 3 aromatic rings. The third-order valence-electron chi connectivity index (χ3n) is 3.35. The molecular weight excluding hydrogens is 270 g/mol. The van der Waals surface area contributed by atoms with Crippen LogP contribution in [0.2, 0.25) is 0 Å². The number of phenols is 1. The van der Waals surface area contributed by atoms with Crippen molar-refractivity contribution >= 4 is 0 Å². The van der Waals surface area contributed by atoms with Crippen molar-refractivity contribution < 1.29 is 13.9 Å². The monoisotopic (exact) mass is 282 g/mol. The zero-order chi connectivity index (χ0) is 14.8. The maximum Gasteiger partial charge on any atom is 0.166 e. The predicted octanol–water partition coefficient (Wildman–Crippen LogP) is 5.00. The number of aromatic hydroxyl groups is 1. The summed E-state index contributed by atoms with van der Waals surface area (Å²) in [6, 6.07) is 18.1. The molecule has 0 aliphatic rings. The van der Waals surface area contributed by atoms with Crippen molar-refractivity contribution in [2.24, 2.45) is 0 Å². The molecule has 3 aromatic carbocycles. The minimum atomic E-state index is -0.852. The Morgan fingerprint density at radius 1 is 0.619 bits per heavy atom. The van der Waals surface area contributed by atoms with Gasteiger partial charge in [0.15, 0.2) is 11.6 Å². The Balaban J connectivity index is 1.97. The number of benzene rings is 3. The first-order valence-electron chi connectivity index (χ1n) is 6.49. The van der Waals surface area contributed by atoms with Crippen LogP contribution in [0.15, 0.2) is 66.7 Å². The van der Waals surface area contributed by atoms with Gasteiger partial charge in [-0.3, -0.25) is 0 Å². The number of rotatable bonds is 2. The van der Waals surface area contributed by atoms with Crippen LogP contribution < -0.4 is 0 Å². The van der Waals surface area contributed by atoms with E-state index in [0.29, 0.717) is 5.56 Å². The van der Waals surface area contributed by atoms with Crippen LogP contribution in [0.4, 0.5) is 8.78 Å². The highest BCUT2D eigenvalue weighted by Gasteiger charge is 2.09. The van der Waals surface area contributed by atoms with Crippen LogP contribution in [-0.4, -0.2) is 5.11 Å². The fourth-order valence-corrected chi connectivity index (χ4v) is 2.22. The Hall–Kier alpha value is -2.68. The Labute approximate surface area is 121 Å². The molecule has 21 heavy (non-hydrogen) atoms. The molecule has 1 nitrogen and oxygen atoms in total. The van der Waals surface area contributed by atoms with E-state index in [0.717, 1.165) is 17.2 Å². The molecule has 0 fully saturated rings. The van der Waals surface area contributed by atoms with E-state index >= 15 is 0 Å². The summed E-state index contributed by atoms with van der Waals surface area (Å²) in [4.78, 5) is 0. The van der Waals surface area contributed by atoms with Gasteiger partial charge >= 0.3 is 0 Å². The summed E-state index contributed by atoms with van der Waals surface area (Å²) in [5.74, 6) is -1.48. The number of halogens is 2. The van der Waals surface area contributed by atoms with E-state index < -0.39 is 11.6 Å². The molecule has 0 amide bonds. The SMILES string of the molecule is Oc1ccc(-c2ccc(-c3cccc(F)c3F)cc2)cc1. The molecule has 104 valence electrons. The van der Waals surface area contributed by atoms with Gasteiger partial charge in [0.2, 0.25) is 0 Å². The van der Waals surface area contributed by atoms with Gasteiger partial charge < -0.3 is 5.11 Å². The molecule has 0 unspecified atom stereocenters. The highest BCUT2D eigenvalue weighted by atomic mass is 19.2. The Morgan fingerprint density at radius 2 is 1.14 bits per heavy atom. The molecular formula is C18H12F2O. The fraction of sp³-hybridized carbons (Fsp3) is 0. The lowest BCUT2D eigenvalue weighted by Gasteiger charge is -2.06. The van der Waals surface area contributed by atoms with E-state index in [2.05, 4.69) is 0 Å². The first-order valence-corrected chi connectivity index (χ1v) is 6.49. The van der Waals surface area contributed by atoms with Gasteiger partial charge in [0.05, 0.1) is 0 Å². The highest BCUT2D eigenvalue weighted by Crippen LogP contribution is 2.28. The van der Waals surface area contributed by atoms with Gasteiger partial charge in [-0.2, -0.15) is 0 Å². The van der Waals surface area contributed by atoms with Crippen molar-refractivity contribution in [1.82, 2.24) is 0 Å². The molecule has 0 aliphatic carbocycles. The van der Waals surface area contributed by atoms with Crippen molar-refractivity contribution in [3.05, 3.63) is 78.4 Å². The molecule has 0 bridgehead atoms. The van der Waals surface area contributed by atoms with Gasteiger partial charge in [-0.05, 0) is 34.9 Å². The molecule has 0 heterocycles. The van der Waals surface area contributed by atoms with Crippen molar-refractivity contribution in [2.45, 2.75) is 0 Å². The van der Waals surface area contributed by atoms with Gasteiger partial charge in [0.1, 0.15) is 5.75 Å². The second kappa shape index (κ2) is 5.37. The van der Waals surface area contributed by atoms with Gasteiger partial charge in [-0.1, -0.05) is 48.5 Å². The second-order valence-electron chi connectivity index (χ2n) is 4.73. The summed E-state index contributed by atoms with van der Waals surface area (Å²) in [6.45, 7) is 0. The summed E-state index contributed by atoms with van der Waals surface area (Å²) >= 11 is 0. The maximum atomic E-state index is 13.8. The molecule has 3 heteroatoms. The molecule has 3 rings (SSSR count). The Bertz CT molecular complexity index is 762. The third-order valence-corrected chi connectivity index (χ3v) is 3.35. The fourth-order valence-electron chi connectivity index (χ4n) is 2.22. The van der Waals surface area contributed by atoms with Gasteiger partial charge in [-0.25, -0.2) is 8.78 Å². The molecule has 1 N–H and O–H groups in total. The average molecular weight is 282 g/mol. The topological polar surface area (TPSA) is 20.2 Å². The number of hydrogen-bond acceptors (Lipinski definition) is 1. The van der Waals surface area contributed by atoms with Gasteiger partial charge in [0.25, 0.3) is 0 Å². The summed E-state index contributed by atoms with van der Waals surface area (Å²) in [7, 11) is 0. The predicted molar refractivity (Wildman–Crippen MR) is 78.9 cm³/mol. The van der Waals surface area contributed by atoms with E-state index in [4.69, 9.17) is 0 Å². The summed E-state index contributed by atoms with van der Waals surface area (Å²) in [5.41, 5.74) is 2.75. The smallest absolute Gasteiger partial charge is 0.166 e. The Kier molecular flexibility index (Phi) is 3.40. The normalized spacial score (nSPS) is 10.6. The first kappa shape index (κ1) is 13.3. The number of phenolic OH excluding ortho intramolecular Hbond substituents is 1. The zero-order valence-corrected chi connectivity index (χ0v) is 11.1. The van der Waals surface area contributed by atoms with Gasteiger partial charge in [0, 0.05) is 5.56 Å². The standard InChI is InChI=1S/C18H12F2O/c19-17-3-1-2-16(18(17)20)14-6-4-12(5-7-14)13-8-10-15(21)11-9-13/h1-11,21H. The molecule has 0 aliphatic heterocycles. The quantitative estimate of drug-likeness (QED) is 0.701. The van der Waals surface area contributed by atoms with Crippen molar-refractivity contribution in [3.8, 4) is 28.0 Å². The minimum Gasteiger partial charge on any atom is -0.508 e. The van der Waals surface area contributed by atoms with E-state index in [1.54, 1.807) is 42.5 Å². The molecule has 0 saturated carbocycles. The van der Waals surface area contributed by atoms with Crippen molar-refractivity contribution in [1.29, 1.82) is 0 Å². The van der Waals surface area contributed by atoms with Crippen LogP contribution in [0.25, 0.3) is 22.3 Å². The summed E-state index contributed by atoms with van der Waals surface area (Å²) in [6.07, 6.45) is 0. The minimum absolute atomic E-state index is 0.206. The molecule has 0 spiro atoms. The van der Waals surface area contributed by atoms with E-state index in [-0.39, 0.29) is 11.3 Å². The lowest BCUT2D eigenvalue weighted by atomic mass is 10.00. The van der Waals surface area contributed by atoms with Crippen LogP contribution in [0.3, 0.4) is 0 Å². The maximum absolute atomic E-state index is 13.8. The van der Waals surface area contributed by atoms with Crippen molar-refractivity contribution in [2.75, 3.05) is 0 Å². The van der Waals surface area contributed by atoms with E-state index in [9.17, 15) is 13.9 Å². The molecule has 0 atom stereocenters. The summed E-state index contributed by atoms with van der Waals surface area (Å²) in [5, 5.41) is 9.28. The van der Waals surface area contributed by atoms with E-state index in [1.165, 1.54) is 6.07 Å². The average Bonchev–Trinajstić information content (AvgIpc) is 2.51.